The number of rotatable bonds is 6. The third-order valence-corrected chi connectivity index (χ3v) is 5.86. The maximum absolute atomic E-state index is 13.1. The Hall–Kier alpha value is -1.69. The van der Waals surface area contributed by atoms with Crippen molar-refractivity contribution in [1.29, 1.82) is 0 Å². The zero-order chi connectivity index (χ0) is 22.8. The molecule has 11 heteroatoms. The number of nitrogens with one attached hydrogen (secondary N) is 1. The summed E-state index contributed by atoms with van der Waals surface area (Å²) in [7, 11) is 0. The highest BCUT2D eigenvalue weighted by atomic mass is 79.9. The van der Waals surface area contributed by atoms with E-state index in [-0.39, 0.29) is 10.2 Å². The molecular weight excluding hydrogens is 503 g/mol. The standard InChI is InChI=1S/C20H20BrClF3N3O3/c21-15-2-1-13(8-14(15)20(23,24)25)27-19(31)28-5-3-11(4-6-28)18-16(22)7-12(9-26-18)17(30)10-29/h1-3,7-9,17,19,27,29-31H,4-6,10H2/t17-,19?/m1/s1. The molecular formula is C20H20BrClF3N3O3. The molecule has 3 rings (SSSR count). The normalized spacial score (nSPS) is 17.2. The van der Waals surface area contributed by atoms with Gasteiger partial charge in [-0.25, -0.2) is 0 Å². The summed E-state index contributed by atoms with van der Waals surface area (Å²) in [4.78, 5) is 5.92. The van der Waals surface area contributed by atoms with Crippen LogP contribution in [0.15, 0.2) is 41.0 Å². The van der Waals surface area contributed by atoms with E-state index in [4.69, 9.17) is 16.7 Å². The van der Waals surface area contributed by atoms with E-state index in [0.29, 0.717) is 35.8 Å². The van der Waals surface area contributed by atoms with Crippen molar-refractivity contribution in [3.05, 3.63) is 62.9 Å². The third-order valence-electron chi connectivity index (χ3n) is 4.88. The molecule has 1 aliphatic rings. The van der Waals surface area contributed by atoms with Crippen molar-refractivity contribution in [1.82, 2.24) is 9.88 Å². The summed E-state index contributed by atoms with van der Waals surface area (Å²) in [5, 5.41) is 32.1. The van der Waals surface area contributed by atoms with Crippen LogP contribution in [0.25, 0.3) is 5.57 Å². The van der Waals surface area contributed by atoms with Crippen LogP contribution in [0.4, 0.5) is 18.9 Å². The first-order valence-corrected chi connectivity index (χ1v) is 10.5. The van der Waals surface area contributed by atoms with Crippen molar-refractivity contribution in [2.45, 2.75) is 25.1 Å². The molecule has 6 nitrogen and oxygen atoms in total. The number of aliphatic hydroxyl groups is 3. The first-order valence-electron chi connectivity index (χ1n) is 9.29. The van der Waals surface area contributed by atoms with E-state index < -0.39 is 30.8 Å². The molecule has 0 fully saturated rings. The maximum Gasteiger partial charge on any atom is 0.417 e. The smallest absolute Gasteiger partial charge is 0.393 e. The van der Waals surface area contributed by atoms with Gasteiger partial charge in [-0.3, -0.25) is 9.88 Å². The molecule has 168 valence electrons. The van der Waals surface area contributed by atoms with Gasteiger partial charge in [0.05, 0.1) is 22.9 Å². The highest BCUT2D eigenvalue weighted by Gasteiger charge is 2.33. The van der Waals surface area contributed by atoms with Crippen LogP contribution in [0.2, 0.25) is 5.02 Å². The average molecular weight is 523 g/mol. The van der Waals surface area contributed by atoms with Crippen molar-refractivity contribution in [2.75, 3.05) is 25.0 Å². The Balaban J connectivity index is 1.68. The van der Waals surface area contributed by atoms with Crippen molar-refractivity contribution in [3.8, 4) is 0 Å². The van der Waals surface area contributed by atoms with Crippen LogP contribution in [0.5, 0.6) is 0 Å². The lowest BCUT2D eigenvalue weighted by molar-refractivity contribution is -0.138. The number of hydrogen-bond acceptors (Lipinski definition) is 6. The predicted molar refractivity (Wildman–Crippen MR) is 114 cm³/mol. The number of halogens is 5. The fraction of sp³-hybridized carbons (Fsp3) is 0.350. The zero-order valence-electron chi connectivity index (χ0n) is 16.1. The van der Waals surface area contributed by atoms with Gasteiger partial charge >= 0.3 is 6.18 Å². The number of hydrogen-bond donors (Lipinski definition) is 4. The van der Waals surface area contributed by atoms with Gasteiger partial charge in [0, 0.05) is 35.0 Å². The quantitative estimate of drug-likeness (QED) is 0.429. The summed E-state index contributed by atoms with van der Waals surface area (Å²) in [6.07, 6.45) is -3.00. The van der Waals surface area contributed by atoms with Gasteiger partial charge in [0.1, 0.15) is 6.10 Å². The largest absolute Gasteiger partial charge is 0.417 e. The molecule has 2 heterocycles. The highest BCUT2D eigenvalue weighted by Crippen LogP contribution is 2.36. The Morgan fingerprint density at radius 1 is 1.26 bits per heavy atom. The van der Waals surface area contributed by atoms with Crippen molar-refractivity contribution < 1.29 is 28.5 Å². The molecule has 0 aliphatic carbocycles. The molecule has 1 aromatic heterocycles. The fourth-order valence-corrected chi connectivity index (χ4v) is 3.94. The molecule has 0 spiro atoms. The van der Waals surface area contributed by atoms with Gasteiger partial charge in [-0.2, -0.15) is 13.2 Å². The third kappa shape index (κ3) is 5.76. The lowest BCUT2D eigenvalue weighted by Gasteiger charge is -2.31. The van der Waals surface area contributed by atoms with Crippen LogP contribution >= 0.6 is 27.5 Å². The second kappa shape index (κ2) is 9.85. The molecule has 0 saturated carbocycles. The number of alkyl halides is 3. The number of benzene rings is 1. The maximum atomic E-state index is 13.1. The van der Waals surface area contributed by atoms with E-state index in [1.54, 1.807) is 11.0 Å². The summed E-state index contributed by atoms with van der Waals surface area (Å²) in [5.41, 5.74) is 1.10. The van der Waals surface area contributed by atoms with E-state index in [2.05, 4.69) is 26.2 Å². The SMILES string of the molecule is OC[C@@H](O)c1cnc(C2=CCN(C(O)Nc3ccc(Br)c(C(F)(F)F)c3)CC2)c(Cl)c1. The van der Waals surface area contributed by atoms with Gasteiger partial charge in [0.15, 0.2) is 6.35 Å². The minimum Gasteiger partial charge on any atom is -0.393 e. The molecule has 1 aromatic carbocycles. The first kappa shape index (κ1) is 24.0. The zero-order valence-corrected chi connectivity index (χ0v) is 18.4. The second-order valence-electron chi connectivity index (χ2n) is 6.98. The van der Waals surface area contributed by atoms with Crippen LogP contribution in [0.1, 0.15) is 29.3 Å². The number of aromatic nitrogens is 1. The molecule has 2 aromatic rings. The highest BCUT2D eigenvalue weighted by molar-refractivity contribution is 9.10. The number of aliphatic hydroxyl groups excluding tert-OH is 3. The average Bonchev–Trinajstić information content (AvgIpc) is 2.73. The topological polar surface area (TPSA) is 88.9 Å². The van der Waals surface area contributed by atoms with E-state index in [1.165, 1.54) is 18.3 Å². The van der Waals surface area contributed by atoms with Crippen LogP contribution in [-0.4, -0.2) is 51.3 Å². The molecule has 31 heavy (non-hydrogen) atoms. The molecule has 2 atom stereocenters. The monoisotopic (exact) mass is 521 g/mol. The van der Waals surface area contributed by atoms with Gasteiger partial charge in [-0.05, 0) is 36.3 Å². The van der Waals surface area contributed by atoms with Crippen LogP contribution < -0.4 is 5.32 Å². The van der Waals surface area contributed by atoms with Gasteiger partial charge in [0.2, 0.25) is 0 Å². The Morgan fingerprint density at radius 2 is 2.00 bits per heavy atom. The van der Waals surface area contributed by atoms with Gasteiger partial charge < -0.3 is 20.6 Å². The van der Waals surface area contributed by atoms with E-state index in [0.717, 1.165) is 11.6 Å². The number of nitrogens with zero attached hydrogens (tertiary/aromatic N) is 2. The second-order valence-corrected chi connectivity index (χ2v) is 8.24. The number of anilines is 1. The lowest BCUT2D eigenvalue weighted by Crippen LogP contribution is -2.43. The summed E-state index contributed by atoms with van der Waals surface area (Å²) in [5.74, 6) is 0. The van der Waals surface area contributed by atoms with Crippen LogP contribution in [0, 0.1) is 0 Å². The molecule has 0 bridgehead atoms. The van der Waals surface area contributed by atoms with Crippen molar-refractivity contribution in [3.63, 3.8) is 0 Å². The van der Waals surface area contributed by atoms with Crippen molar-refractivity contribution in [2.24, 2.45) is 0 Å². The van der Waals surface area contributed by atoms with Crippen molar-refractivity contribution >= 4 is 38.8 Å². The molecule has 4 N–H and O–H groups in total. The minimum absolute atomic E-state index is 0.0764. The molecule has 1 aliphatic heterocycles. The predicted octanol–water partition coefficient (Wildman–Crippen LogP) is 4.02. The lowest BCUT2D eigenvalue weighted by atomic mass is 10.0. The Labute approximate surface area is 190 Å². The Kier molecular flexibility index (Phi) is 7.61. The fourth-order valence-electron chi connectivity index (χ4n) is 3.17. The van der Waals surface area contributed by atoms with Gasteiger partial charge in [-0.1, -0.05) is 33.6 Å². The Bertz CT molecular complexity index is 974. The summed E-state index contributed by atoms with van der Waals surface area (Å²) in [6.45, 7) is 0.301. The molecule has 0 radical (unpaired) electrons. The minimum atomic E-state index is -4.51. The summed E-state index contributed by atoms with van der Waals surface area (Å²) < 4.78 is 39.1. The van der Waals surface area contributed by atoms with Crippen LogP contribution in [-0.2, 0) is 6.18 Å². The van der Waals surface area contributed by atoms with E-state index >= 15 is 0 Å². The number of pyridine rings is 1. The Morgan fingerprint density at radius 3 is 2.58 bits per heavy atom. The van der Waals surface area contributed by atoms with Gasteiger partial charge in [-0.15, -0.1) is 0 Å². The van der Waals surface area contributed by atoms with Crippen LogP contribution in [0.3, 0.4) is 0 Å². The van der Waals surface area contributed by atoms with Gasteiger partial charge in [0.25, 0.3) is 0 Å². The molecule has 0 amide bonds. The summed E-state index contributed by atoms with van der Waals surface area (Å²) >= 11 is 9.16. The van der Waals surface area contributed by atoms with E-state index in [1.807, 2.05) is 6.08 Å². The first-order chi connectivity index (χ1) is 14.6. The summed E-state index contributed by atoms with van der Waals surface area (Å²) in [6, 6.07) is 5.20. The molecule has 1 unspecified atom stereocenters. The van der Waals surface area contributed by atoms with E-state index in [9.17, 15) is 23.4 Å². The molecule has 0 saturated heterocycles.